The van der Waals surface area contributed by atoms with E-state index in [0.717, 1.165) is 24.1 Å². The fourth-order valence-electron chi connectivity index (χ4n) is 2.71. The van der Waals surface area contributed by atoms with Crippen molar-refractivity contribution in [2.45, 2.75) is 26.2 Å². The summed E-state index contributed by atoms with van der Waals surface area (Å²) >= 11 is 0. The first-order chi connectivity index (χ1) is 11.2. The number of aromatic amines is 1. The quantitative estimate of drug-likeness (QED) is 0.607. The molecule has 0 aliphatic carbocycles. The van der Waals surface area contributed by atoms with Gasteiger partial charge >= 0.3 is 0 Å². The lowest BCUT2D eigenvalue weighted by atomic mass is 10.1. The lowest BCUT2D eigenvalue weighted by molar-refractivity contribution is 0.307. The van der Waals surface area contributed by atoms with Crippen LogP contribution in [0.1, 0.15) is 24.6 Å². The first-order valence-electron chi connectivity index (χ1n) is 7.78. The number of nitrogens with zero attached hydrogens (tertiary/aromatic N) is 2. The molecule has 5 N–H and O–H groups in total. The van der Waals surface area contributed by atoms with E-state index in [1.807, 2.05) is 13.0 Å². The number of hydrogen-bond acceptors (Lipinski definition) is 5. The molecule has 0 aliphatic heterocycles. The molecular formula is C17H21N5O. The Balaban J connectivity index is 1.62. The Kier molecular flexibility index (Phi) is 4.32. The van der Waals surface area contributed by atoms with E-state index in [9.17, 15) is 0 Å². The summed E-state index contributed by atoms with van der Waals surface area (Å²) in [6, 6.07) is 8.29. The fourth-order valence-corrected chi connectivity index (χ4v) is 2.71. The van der Waals surface area contributed by atoms with Crippen LogP contribution in [0.4, 0.5) is 11.8 Å². The number of aryl methyl sites for hydroxylation is 2. The average Bonchev–Trinajstić information content (AvgIpc) is 2.96. The SMILES string of the molecule is CCc1nc(N)nc(N)c1OCCCc1c[nH]c2ccccc12. The van der Waals surface area contributed by atoms with Crippen molar-refractivity contribution >= 4 is 22.7 Å². The lowest BCUT2D eigenvalue weighted by Crippen LogP contribution is -2.09. The molecule has 1 aromatic carbocycles. The minimum atomic E-state index is 0.186. The molecule has 120 valence electrons. The Hall–Kier alpha value is -2.76. The summed E-state index contributed by atoms with van der Waals surface area (Å²) in [6.45, 7) is 2.55. The number of ether oxygens (including phenoxy) is 1. The van der Waals surface area contributed by atoms with Crippen molar-refractivity contribution in [3.63, 3.8) is 0 Å². The number of nitrogens with two attached hydrogens (primary N) is 2. The topological polar surface area (TPSA) is 103 Å². The maximum Gasteiger partial charge on any atom is 0.222 e. The van der Waals surface area contributed by atoms with Crippen molar-refractivity contribution in [1.29, 1.82) is 0 Å². The summed E-state index contributed by atoms with van der Waals surface area (Å²) in [5, 5.41) is 1.26. The molecule has 0 radical (unpaired) electrons. The van der Waals surface area contributed by atoms with Gasteiger partial charge in [-0.25, -0.2) is 4.98 Å². The number of rotatable bonds is 6. The van der Waals surface area contributed by atoms with Gasteiger partial charge in [-0.3, -0.25) is 0 Å². The molecule has 2 aromatic heterocycles. The first kappa shape index (κ1) is 15.1. The van der Waals surface area contributed by atoms with Gasteiger partial charge in [0.1, 0.15) is 0 Å². The molecule has 0 saturated carbocycles. The van der Waals surface area contributed by atoms with E-state index in [2.05, 4.69) is 39.3 Å². The molecule has 0 unspecified atom stereocenters. The van der Waals surface area contributed by atoms with E-state index in [0.29, 0.717) is 24.6 Å². The van der Waals surface area contributed by atoms with Gasteiger partial charge in [-0.1, -0.05) is 25.1 Å². The zero-order chi connectivity index (χ0) is 16.2. The van der Waals surface area contributed by atoms with Crippen LogP contribution in [0.15, 0.2) is 30.5 Å². The van der Waals surface area contributed by atoms with Crippen LogP contribution in [0, 0.1) is 0 Å². The number of nitrogen functional groups attached to an aromatic ring is 2. The molecule has 3 aromatic rings. The van der Waals surface area contributed by atoms with Crippen LogP contribution in [0.3, 0.4) is 0 Å². The molecule has 6 heteroatoms. The summed E-state index contributed by atoms with van der Waals surface area (Å²) < 4.78 is 5.81. The van der Waals surface area contributed by atoms with Crippen molar-refractivity contribution in [3.05, 3.63) is 41.7 Å². The van der Waals surface area contributed by atoms with Crippen molar-refractivity contribution in [2.75, 3.05) is 18.1 Å². The molecule has 0 fully saturated rings. The number of anilines is 2. The lowest BCUT2D eigenvalue weighted by Gasteiger charge is -2.12. The number of H-pyrrole nitrogens is 1. The molecule has 0 aliphatic rings. The van der Waals surface area contributed by atoms with Crippen molar-refractivity contribution in [2.24, 2.45) is 0 Å². The third kappa shape index (κ3) is 3.21. The molecule has 2 heterocycles. The van der Waals surface area contributed by atoms with E-state index in [-0.39, 0.29) is 5.95 Å². The smallest absolute Gasteiger partial charge is 0.222 e. The highest BCUT2D eigenvalue weighted by Gasteiger charge is 2.11. The standard InChI is InChI=1S/C17H21N5O/c1-2-13-15(16(18)22-17(19)21-13)23-9-5-6-11-10-20-14-8-4-3-7-12(11)14/h3-4,7-8,10,20H,2,5-6,9H2,1H3,(H4,18,19,21,22). The minimum Gasteiger partial charge on any atom is -0.488 e. The number of fused-ring (bicyclic) bond motifs is 1. The van der Waals surface area contributed by atoms with Crippen LogP contribution in [-0.2, 0) is 12.8 Å². The third-order valence-electron chi connectivity index (χ3n) is 3.83. The summed E-state index contributed by atoms with van der Waals surface area (Å²) in [4.78, 5) is 11.4. The van der Waals surface area contributed by atoms with Crippen LogP contribution >= 0.6 is 0 Å². The average molecular weight is 311 g/mol. The van der Waals surface area contributed by atoms with E-state index >= 15 is 0 Å². The second kappa shape index (κ2) is 6.56. The Morgan fingerprint density at radius 1 is 1.17 bits per heavy atom. The van der Waals surface area contributed by atoms with Gasteiger partial charge in [-0.05, 0) is 30.9 Å². The van der Waals surface area contributed by atoms with E-state index < -0.39 is 0 Å². The normalized spacial score (nSPS) is 11.0. The Labute approximate surface area is 134 Å². The van der Waals surface area contributed by atoms with E-state index in [1.165, 1.54) is 10.9 Å². The van der Waals surface area contributed by atoms with Crippen LogP contribution in [0.2, 0.25) is 0 Å². The molecule has 0 saturated heterocycles. The Bertz CT molecular complexity index is 812. The highest BCUT2D eigenvalue weighted by molar-refractivity contribution is 5.82. The summed E-state index contributed by atoms with van der Waals surface area (Å²) in [6.07, 6.45) is 4.58. The highest BCUT2D eigenvalue weighted by Crippen LogP contribution is 2.25. The Morgan fingerprint density at radius 2 is 2.00 bits per heavy atom. The van der Waals surface area contributed by atoms with Gasteiger partial charge in [-0.15, -0.1) is 0 Å². The number of nitrogens with one attached hydrogen (secondary N) is 1. The predicted molar refractivity (Wildman–Crippen MR) is 92.3 cm³/mol. The maximum absolute atomic E-state index is 5.89. The largest absolute Gasteiger partial charge is 0.488 e. The Morgan fingerprint density at radius 3 is 2.83 bits per heavy atom. The number of aromatic nitrogens is 3. The van der Waals surface area contributed by atoms with E-state index in [4.69, 9.17) is 16.2 Å². The molecule has 0 spiro atoms. The van der Waals surface area contributed by atoms with Crippen LogP contribution in [0.5, 0.6) is 5.75 Å². The second-order valence-corrected chi connectivity index (χ2v) is 5.41. The molecular weight excluding hydrogens is 290 g/mol. The van der Waals surface area contributed by atoms with Crippen molar-refractivity contribution < 1.29 is 4.74 Å². The maximum atomic E-state index is 5.89. The second-order valence-electron chi connectivity index (χ2n) is 5.41. The molecule has 6 nitrogen and oxygen atoms in total. The van der Waals surface area contributed by atoms with Crippen molar-refractivity contribution in [3.8, 4) is 5.75 Å². The monoisotopic (exact) mass is 311 g/mol. The molecule has 0 atom stereocenters. The van der Waals surface area contributed by atoms with Gasteiger partial charge < -0.3 is 21.2 Å². The van der Waals surface area contributed by atoms with Gasteiger partial charge in [0.25, 0.3) is 0 Å². The predicted octanol–water partition coefficient (Wildman–Crippen LogP) is 2.70. The summed E-state index contributed by atoms with van der Waals surface area (Å²) in [5.41, 5.74) is 14.7. The minimum absolute atomic E-state index is 0.186. The van der Waals surface area contributed by atoms with Gasteiger partial charge in [0.15, 0.2) is 11.6 Å². The molecule has 0 bridgehead atoms. The number of benzene rings is 1. The van der Waals surface area contributed by atoms with Crippen LogP contribution in [-0.4, -0.2) is 21.6 Å². The number of hydrogen-bond donors (Lipinski definition) is 3. The van der Waals surface area contributed by atoms with Gasteiger partial charge in [-0.2, -0.15) is 4.98 Å². The molecule has 0 amide bonds. The van der Waals surface area contributed by atoms with Gasteiger partial charge in [0.2, 0.25) is 5.95 Å². The van der Waals surface area contributed by atoms with Crippen molar-refractivity contribution in [1.82, 2.24) is 15.0 Å². The van der Waals surface area contributed by atoms with E-state index in [1.54, 1.807) is 0 Å². The molecule has 23 heavy (non-hydrogen) atoms. The first-order valence-corrected chi connectivity index (χ1v) is 7.78. The van der Waals surface area contributed by atoms with Crippen LogP contribution < -0.4 is 16.2 Å². The third-order valence-corrected chi connectivity index (χ3v) is 3.83. The van der Waals surface area contributed by atoms with Crippen LogP contribution in [0.25, 0.3) is 10.9 Å². The van der Waals surface area contributed by atoms with Gasteiger partial charge in [0, 0.05) is 17.1 Å². The zero-order valence-electron chi connectivity index (χ0n) is 13.2. The highest BCUT2D eigenvalue weighted by atomic mass is 16.5. The zero-order valence-corrected chi connectivity index (χ0v) is 13.2. The fraction of sp³-hybridized carbons (Fsp3) is 0.294. The van der Waals surface area contributed by atoms with Gasteiger partial charge in [0.05, 0.1) is 12.3 Å². The molecule has 3 rings (SSSR count). The number of para-hydroxylation sites is 1. The summed E-state index contributed by atoms with van der Waals surface area (Å²) in [5.74, 6) is 1.05. The summed E-state index contributed by atoms with van der Waals surface area (Å²) in [7, 11) is 0.